The van der Waals surface area contributed by atoms with Crippen molar-refractivity contribution in [3.05, 3.63) is 51.7 Å². The van der Waals surface area contributed by atoms with Gasteiger partial charge < -0.3 is 10.2 Å². The Hall–Kier alpha value is -2.14. The third-order valence-electron chi connectivity index (χ3n) is 4.41. The van der Waals surface area contributed by atoms with Crippen LogP contribution in [0.5, 0.6) is 0 Å². The van der Waals surface area contributed by atoms with E-state index >= 15 is 0 Å². The zero-order chi connectivity index (χ0) is 17.1. The SMILES string of the molecule is CC(=O)c1cc(C(=O)NC2CCN(c3cccc(C)c3)CC2)cs1. The van der Waals surface area contributed by atoms with Crippen LogP contribution in [0.15, 0.2) is 35.7 Å². The summed E-state index contributed by atoms with van der Waals surface area (Å²) in [6.07, 6.45) is 1.87. The van der Waals surface area contributed by atoms with Crippen molar-refractivity contribution in [3.63, 3.8) is 0 Å². The van der Waals surface area contributed by atoms with Gasteiger partial charge in [-0.25, -0.2) is 0 Å². The van der Waals surface area contributed by atoms with Gasteiger partial charge in [0.1, 0.15) is 0 Å². The van der Waals surface area contributed by atoms with E-state index in [0.717, 1.165) is 25.9 Å². The second-order valence-electron chi connectivity index (χ2n) is 6.33. The molecule has 1 aromatic carbocycles. The Balaban J connectivity index is 1.55. The number of nitrogens with zero attached hydrogens (tertiary/aromatic N) is 1. The van der Waals surface area contributed by atoms with Gasteiger partial charge in [-0.15, -0.1) is 11.3 Å². The van der Waals surface area contributed by atoms with Crippen LogP contribution in [0.4, 0.5) is 5.69 Å². The highest BCUT2D eigenvalue weighted by molar-refractivity contribution is 7.12. The molecule has 1 fully saturated rings. The van der Waals surface area contributed by atoms with Crippen molar-refractivity contribution < 1.29 is 9.59 Å². The highest BCUT2D eigenvalue weighted by Crippen LogP contribution is 2.21. The standard InChI is InChI=1S/C19H22N2O2S/c1-13-4-3-5-17(10-13)21-8-6-16(7-9-21)20-19(23)15-11-18(14(2)22)24-12-15/h3-5,10-12,16H,6-9H2,1-2H3,(H,20,23). The van der Waals surface area contributed by atoms with E-state index in [1.54, 1.807) is 11.4 Å². The van der Waals surface area contributed by atoms with E-state index in [2.05, 4.69) is 41.4 Å². The molecular formula is C19H22N2O2S. The van der Waals surface area contributed by atoms with Crippen LogP contribution in [0.25, 0.3) is 0 Å². The summed E-state index contributed by atoms with van der Waals surface area (Å²) in [7, 11) is 0. The molecule has 1 saturated heterocycles. The van der Waals surface area contributed by atoms with Gasteiger partial charge in [0.2, 0.25) is 0 Å². The predicted molar refractivity (Wildman–Crippen MR) is 98.2 cm³/mol. The molecular weight excluding hydrogens is 320 g/mol. The van der Waals surface area contributed by atoms with E-state index in [1.807, 2.05) is 0 Å². The molecule has 2 aromatic rings. The van der Waals surface area contributed by atoms with Gasteiger partial charge in [0.25, 0.3) is 5.91 Å². The quantitative estimate of drug-likeness (QED) is 0.863. The molecule has 0 spiro atoms. The highest BCUT2D eigenvalue weighted by atomic mass is 32.1. The van der Waals surface area contributed by atoms with Crippen molar-refractivity contribution in [1.82, 2.24) is 5.32 Å². The van der Waals surface area contributed by atoms with Crippen LogP contribution >= 0.6 is 11.3 Å². The fourth-order valence-electron chi connectivity index (χ4n) is 3.02. The first-order valence-corrected chi connectivity index (χ1v) is 9.13. The molecule has 1 aromatic heterocycles. The number of benzene rings is 1. The highest BCUT2D eigenvalue weighted by Gasteiger charge is 2.22. The summed E-state index contributed by atoms with van der Waals surface area (Å²) < 4.78 is 0. The number of rotatable bonds is 4. The molecule has 0 radical (unpaired) electrons. The molecule has 0 bridgehead atoms. The maximum Gasteiger partial charge on any atom is 0.252 e. The molecule has 1 amide bonds. The van der Waals surface area contributed by atoms with Gasteiger partial charge in [-0.2, -0.15) is 0 Å². The van der Waals surface area contributed by atoms with Crippen molar-refractivity contribution in [3.8, 4) is 0 Å². The number of ketones is 1. The summed E-state index contributed by atoms with van der Waals surface area (Å²) in [4.78, 5) is 26.7. The molecule has 4 nitrogen and oxygen atoms in total. The van der Waals surface area contributed by atoms with E-state index in [4.69, 9.17) is 0 Å². The zero-order valence-electron chi connectivity index (χ0n) is 14.0. The van der Waals surface area contributed by atoms with Crippen LogP contribution in [0, 0.1) is 6.92 Å². The van der Waals surface area contributed by atoms with E-state index < -0.39 is 0 Å². The second kappa shape index (κ2) is 7.18. The number of piperidine rings is 1. The van der Waals surface area contributed by atoms with Gasteiger partial charge in [-0.3, -0.25) is 9.59 Å². The first kappa shape index (κ1) is 16.7. The van der Waals surface area contributed by atoms with E-state index in [0.29, 0.717) is 10.4 Å². The van der Waals surface area contributed by atoms with Gasteiger partial charge in [0.05, 0.1) is 10.4 Å². The lowest BCUT2D eigenvalue weighted by Crippen LogP contribution is -2.44. The fraction of sp³-hybridized carbons (Fsp3) is 0.368. The summed E-state index contributed by atoms with van der Waals surface area (Å²) in [6.45, 7) is 5.51. The Bertz CT molecular complexity index is 745. The largest absolute Gasteiger partial charge is 0.371 e. The maximum absolute atomic E-state index is 12.3. The molecule has 24 heavy (non-hydrogen) atoms. The third-order valence-corrected chi connectivity index (χ3v) is 5.44. The molecule has 1 N–H and O–H groups in total. The number of carbonyl (C=O) groups excluding carboxylic acids is 2. The molecule has 126 valence electrons. The molecule has 1 aliphatic heterocycles. The molecule has 0 unspecified atom stereocenters. The summed E-state index contributed by atoms with van der Waals surface area (Å²) >= 11 is 1.33. The lowest BCUT2D eigenvalue weighted by molar-refractivity contribution is 0.0931. The minimum atomic E-state index is -0.0762. The van der Waals surface area contributed by atoms with Crippen LogP contribution in [-0.4, -0.2) is 30.8 Å². The number of hydrogen-bond acceptors (Lipinski definition) is 4. The van der Waals surface area contributed by atoms with Crippen molar-refractivity contribution in [1.29, 1.82) is 0 Å². The number of nitrogens with one attached hydrogen (secondary N) is 1. The average molecular weight is 342 g/mol. The molecule has 3 rings (SSSR count). The molecule has 2 heterocycles. The molecule has 5 heteroatoms. The smallest absolute Gasteiger partial charge is 0.252 e. The Morgan fingerprint density at radius 3 is 2.58 bits per heavy atom. The number of anilines is 1. The third kappa shape index (κ3) is 3.85. The minimum Gasteiger partial charge on any atom is -0.371 e. The van der Waals surface area contributed by atoms with Crippen LogP contribution in [0.3, 0.4) is 0 Å². The molecule has 1 aliphatic rings. The summed E-state index contributed by atoms with van der Waals surface area (Å²) in [6, 6.07) is 10.4. The lowest BCUT2D eigenvalue weighted by atomic mass is 10.0. The normalized spacial score (nSPS) is 15.3. The van der Waals surface area contributed by atoms with E-state index in [-0.39, 0.29) is 17.7 Å². The Morgan fingerprint density at radius 2 is 1.96 bits per heavy atom. The van der Waals surface area contributed by atoms with Gasteiger partial charge in [-0.05, 0) is 50.5 Å². The topological polar surface area (TPSA) is 49.4 Å². The molecule has 0 saturated carbocycles. The molecule has 0 atom stereocenters. The van der Waals surface area contributed by atoms with Crippen LogP contribution < -0.4 is 10.2 Å². The fourth-order valence-corrected chi connectivity index (χ4v) is 3.81. The van der Waals surface area contributed by atoms with Gasteiger partial charge in [0.15, 0.2) is 5.78 Å². The van der Waals surface area contributed by atoms with Crippen molar-refractivity contribution >= 4 is 28.7 Å². The number of Topliss-reactive ketones (excluding diaryl/α,β-unsaturated/α-hetero) is 1. The Morgan fingerprint density at radius 1 is 1.21 bits per heavy atom. The van der Waals surface area contributed by atoms with E-state index in [1.165, 1.54) is 29.5 Å². The van der Waals surface area contributed by atoms with Crippen LogP contribution in [0.2, 0.25) is 0 Å². The van der Waals surface area contributed by atoms with E-state index in [9.17, 15) is 9.59 Å². The van der Waals surface area contributed by atoms with Gasteiger partial charge >= 0.3 is 0 Å². The summed E-state index contributed by atoms with van der Waals surface area (Å²) in [5.41, 5.74) is 3.11. The first-order chi connectivity index (χ1) is 11.5. The Kier molecular flexibility index (Phi) is 5.00. The maximum atomic E-state index is 12.3. The predicted octanol–water partition coefficient (Wildman–Crippen LogP) is 3.66. The number of hydrogen-bond donors (Lipinski definition) is 1. The summed E-state index contributed by atoms with van der Waals surface area (Å²) in [5, 5.41) is 4.86. The lowest BCUT2D eigenvalue weighted by Gasteiger charge is -2.34. The van der Waals surface area contributed by atoms with Crippen molar-refractivity contribution in [2.24, 2.45) is 0 Å². The Labute approximate surface area is 146 Å². The second-order valence-corrected chi connectivity index (χ2v) is 7.24. The van der Waals surface area contributed by atoms with Crippen LogP contribution in [-0.2, 0) is 0 Å². The number of thiophene rings is 1. The average Bonchev–Trinajstić information content (AvgIpc) is 3.06. The monoisotopic (exact) mass is 342 g/mol. The minimum absolute atomic E-state index is 0.00510. The number of carbonyl (C=O) groups is 2. The van der Waals surface area contributed by atoms with Gasteiger partial charge in [-0.1, -0.05) is 12.1 Å². The molecule has 0 aliphatic carbocycles. The van der Waals surface area contributed by atoms with Crippen molar-refractivity contribution in [2.45, 2.75) is 32.7 Å². The summed E-state index contributed by atoms with van der Waals surface area (Å²) in [5.74, 6) is -0.0710. The van der Waals surface area contributed by atoms with Crippen LogP contribution in [0.1, 0.15) is 45.4 Å². The number of aryl methyl sites for hydroxylation is 1. The van der Waals surface area contributed by atoms with Gasteiger partial charge in [0, 0.05) is 30.2 Å². The number of amides is 1. The zero-order valence-corrected chi connectivity index (χ0v) is 14.9. The van der Waals surface area contributed by atoms with Crippen molar-refractivity contribution in [2.75, 3.05) is 18.0 Å². The first-order valence-electron chi connectivity index (χ1n) is 8.25.